The number of nitrogens with zero attached hydrogens (tertiary/aromatic N) is 2. The maximum absolute atomic E-state index is 10.6. The van der Waals surface area contributed by atoms with Gasteiger partial charge in [0.05, 0.1) is 11.3 Å². The Morgan fingerprint density at radius 2 is 2.00 bits per heavy atom. The Hall–Kier alpha value is -2.23. The Bertz CT molecular complexity index is 459. The molecule has 1 N–H and O–H groups in total. The monoisotopic (exact) mass is 244 g/mol. The number of carbonyl (C=O) groups is 1. The summed E-state index contributed by atoms with van der Waals surface area (Å²) < 4.78 is 0. The molecular weight excluding hydrogens is 228 g/mol. The molecule has 0 aliphatic heterocycles. The van der Waals surface area contributed by atoms with E-state index >= 15 is 0 Å². The van der Waals surface area contributed by atoms with E-state index in [1.54, 1.807) is 25.4 Å². The third-order valence-electron chi connectivity index (χ3n) is 2.21. The second-order valence-corrected chi connectivity index (χ2v) is 3.58. The van der Waals surface area contributed by atoms with Crippen LogP contribution in [0.5, 0.6) is 0 Å². The molecule has 4 nitrogen and oxygen atoms in total. The van der Waals surface area contributed by atoms with Crippen LogP contribution >= 0.6 is 0 Å². The highest BCUT2D eigenvalue weighted by molar-refractivity contribution is 5.88. The summed E-state index contributed by atoms with van der Waals surface area (Å²) in [5.74, 6) is -0.928. The first-order chi connectivity index (χ1) is 8.74. The maximum Gasteiger partial charge on any atom is 0.335 e. The summed E-state index contributed by atoms with van der Waals surface area (Å²) in [6, 6.07) is 6.43. The summed E-state index contributed by atoms with van der Waals surface area (Å²) in [6.45, 7) is 0. The molecule has 0 saturated carbocycles. The van der Waals surface area contributed by atoms with Crippen LogP contribution in [0.2, 0.25) is 0 Å². The van der Waals surface area contributed by atoms with Gasteiger partial charge in [-0.2, -0.15) is 0 Å². The van der Waals surface area contributed by atoms with Crippen molar-refractivity contribution in [2.45, 2.75) is 12.8 Å². The van der Waals surface area contributed by atoms with Crippen LogP contribution in [-0.2, 0) is 0 Å². The van der Waals surface area contributed by atoms with Crippen molar-refractivity contribution >= 4 is 24.1 Å². The van der Waals surface area contributed by atoms with Gasteiger partial charge in [-0.1, -0.05) is 6.08 Å². The first-order valence-corrected chi connectivity index (χ1v) is 5.67. The Morgan fingerprint density at radius 3 is 2.61 bits per heavy atom. The number of unbranched alkanes of at least 4 members (excludes halogenated alkanes) is 1. The molecule has 0 aromatic heterocycles. The largest absolute Gasteiger partial charge is 0.478 e. The fraction of sp³-hybridized carbons (Fsp3) is 0.214. The molecule has 94 valence electrons. The number of hydrogen-bond acceptors (Lipinski definition) is 3. The first-order valence-electron chi connectivity index (χ1n) is 5.67. The number of aromatic carboxylic acids is 1. The van der Waals surface area contributed by atoms with Crippen molar-refractivity contribution in [2.24, 2.45) is 9.98 Å². The predicted octanol–water partition coefficient (Wildman–Crippen LogP) is 3.12. The van der Waals surface area contributed by atoms with Gasteiger partial charge in [0.25, 0.3) is 0 Å². The Balaban J connectivity index is 2.44. The molecule has 1 rings (SSSR count). The van der Waals surface area contributed by atoms with E-state index in [2.05, 4.69) is 9.98 Å². The lowest BCUT2D eigenvalue weighted by Gasteiger charge is -1.94. The molecule has 1 aromatic carbocycles. The standard InChI is InChI=1S/C14H16N2O2/c1-15-10-4-2-3-5-11-16-13-8-6-12(7-9-13)14(17)18/h3,5-11H,2,4H2,1H3,(H,17,18)/b5-3+,15-10?,16-11?. The quantitative estimate of drug-likeness (QED) is 0.617. The Morgan fingerprint density at radius 1 is 1.28 bits per heavy atom. The summed E-state index contributed by atoms with van der Waals surface area (Å²) in [6.07, 6.45) is 9.30. The molecular formula is C14H16N2O2. The lowest BCUT2D eigenvalue weighted by Crippen LogP contribution is -1.94. The number of aliphatic imine (C=N–C) groups is 2. The van der Waals surface area contributed by atoms with Crippen molar-refractivity contribution < 1.29 is 9.90 Å². The van der Waals surface area contributed by atoms with Gasteiger partial charge in [0.2, 0.25) is 0 Å². The molecule has 0 bridgehead atoms. The average molecular weight is 244 g/mol. The van der Waals surface area contributed by atoms with Crippen LogP contribution in [0, 0.1) is 0 Å². The number of rotatable bonds is 6. The number of hydrogen-bond donors (Lipinski definition) is 1. The van der Waals surface area contributed by atoms with Crippen LogP contribution in [0.25, 0.3) is 0 Å². The Labute approximate surface area is 106 Å². The maximum atomic E-state index is 10.6. The summed E-state index contributed by atoms with van der Waals surface area (Å²) in [5, 5.41) is 8.73. The van der Waals surface area contributed by atoms with Gasteiger partial charge in [-0.3, -0.25) is 4.99 Å². The highest BCUT2D eigenvalue weighted by Crippen LogP contribution is 2.12. The predicted molar refractivity (Wildman–Crippen MR) is 74.3 cm³/mol. The highest BCUT2D eigenvalue weighted by atomic mass is 16.4. The van der Waals surface area contributed by atoms with Gasteiger partial charge in [-0.15, -0.1) is 0 Å². The molecule has 0 spiro atoms. The smallest absolute Gasteiger partial charge is 0.335 e. The zero-order valence-corrected chi connectivity index (χ0v) is 10.3. The average Bonchev–Trinajstić information content (AvgIpc) is 2.38. The second-order valence-electron chi connectivity index (χ2n) is 3.58. The zero-order chi connectivity index (χ0) is 13.2. The Kier molecular flexibility index (Phi) is 6.11. The fourth-order valence-electron chi connectivity index (χ4n) is 1.28. The third kappa shape index (κ3) is 5.21. The molecule has 1 aromatic rings. The number of allylic oxidation sites excluding steroid dienone is 2. The molecule has 4 heteroatoms. The fourth-order valence-corrected chi connectivity index (χ4v) is 1.28. The molecule has 0 heterocycles. The minimum atomic E-state index is -0.928. The SMILES string of the molecule is CN=CCC/C=C/C=Nc1ccc(C(=O)O)cc1. The number of carboxylic acids is 1. The molecule has 0 unspecified atom stereocenters. The summed E-state index contributed by atoms with van der Waals surface area (Å²) in [7, 11) is 1.76. The minimum absolute atomic E-state index is 0.267. The molecule has 0 saturated heterocycles. The molecule has 18 heavy (non-hydrogen) atoms. The zero-order valence-electron chi connectivity index (χ0n) is 10.3. The third-order valence-corrected chi connectivity index (χ3v) is 2.21. The van der Waals surface area contributed by atoms with Gasteiger partial charge in [0, 0.05) is 13.3 Å². The van der Waals surface area contributed by atoms with Gasteiger partial charge in [0.1, 0.15) is 0 Å². The lowest BCUT2D eigenvalue weighted by atomic mass is 10.2. The van der Waals surface area contributed by atoms with E-state index in [4.69, 9.17) is 5.11 Å². The van der Waals surface area contributed by atoms with Crippen molar-refractivity contribution in [2.75, 3.05) is 7.05 Å². The van der Waals surface area contributed by atoms with E-state index in [1.165, 1.54) is 12.1 Å². The van der Waals surface area contributed by atoms with E-state index in [-0.39, 0.29) is 5.56 Å². The van der Waals surface area contributed by atoms with E-state index < -0.39 is 5.97 Å². The lowest BCUT2D eigenvalue weighted by molar-refractivity contribution is 0.0697. The van der Waals surface area contributed by atoms with E-state index in [9.17, 15) is 4.79 Å². The van der Waals surface area contributed by atoms with Crippen LogP contribution in [-0.4, -0.2) is 30.6 Å². The van der Waals surface area contributed by atoms with Crippen molar-refractivity contribution in [3.63, 3.8) is 0 Å². The van der Waals surface area contributed by atoms with Gasteiger partial charge >= 0.3 is 5.97 Å². The van der Waals surface area contributed by atoms with Crippen LogP contribution in [0.4, 0.5) is 5.69 Å². The van der Waals surface area contributed by atoms with Crippen molar-refractivity contribution in [3.05, 3.63) is 42.0 Å². The van der Waals surface area contributed by atoms with Crippen molar-refractivity contribution in [1.29, 1.82) is 0 Å². The van der Waals surface area contributed by atoms with Crippen molar-refractivity contribution in [1.82, 2.24) is 0 Å². The molecule has 0 fully saturated rings. The van der Waals surface area contributed by atoms with Crippen LogP contribution in [0.1, 0.15) is 23.2 Å². The molecule has 0 amide bonds. The van der Waals surface area contributed by atoms with Crippen molar-refractivity contribution in [3.8, 4) is 0 Å². The van der Waals surface area contributed by atoms with Gasteiger partial charge in [-0.25, -0.2) is 4.79 Å². The number of carboxylic acid groups (broad SMARTS) is 1. The first kappa shape index (κ1) is 13.8. The molecule has 0 atom stereocenters. The molecule has 0 aliphatic rings. The van der Waals surface area contributed by atoms with E-state index in [0.717, 1.165) is 18.5 Å². The summed E-state index contributed by atoms with van der Waals surface area (Å²) >= 11 is 0. The van der Waals surface area contributed by atoms with Crippen LogP contribution in [0.15, 0.2) is 46.4 Å². The molecule has 0 aliphatic carbocycles. The second kappa shape index (κ2) is 7.95. The topological polar surface area (TPSA) is 62.0 Å². The van der Waals surface area contributed by atoms with E-state index in [0.29, 0.717) is 0 Å². The highest BCUT2D eigenvalue weighted by Gasteiger charge is 1.99. The van der Waals surface area contributed by atoms with E-state index in [1.807, 2.05) is 18.4 Å². The van der Waals surface area contributed by atoms with Gasteiger partial charge < -0.3 is 10.1 Å². The minimum Gasteiger partial charge on any atom is -0.478 e. The van der Waals surface area contributed by atoms with Crippen LogP contribution < -0.4 is 0 Å². The summed E-state index contributed by atoms with van der Waals surface area (Å²) in [5.41, 5.74) is 1.00. The molecule has 0 radical (unpaired) electrons. The van der Waals surface area contributed by atoms with Gasteiger partial charge in [0.15, 0.2) is 0 Å². The normalized spacial score (nSPS) is 11.8. The van der Waals surface area contributed by atoms with Crippen LogP contribution in [0.3, 0.4) is 0 Å². The number of benzene rings is 1. The summed E-state index contributed by atoms with van der Waals surface area (Å²) in [4.78, 5) is 18.7. The van der Waals surface area contributed by atoms with Gasteiger partial charge in [-0.05, 0) is 49.4 Å².